The number of carbonyl (C=O) groups is 1. The molecule has 5 nitrogen and oxygen atoms in total. The van der Waals surface area contributed by atoms with Crippen LogP contribution in [0.1, 0.15) is 21.5 Å². The number of benzene rings is 1. The Morgan fingerprint density at radius 1 is 1.10 bits per heavy atom. The molecule has 0 fully saturated rings. The zero-order valence-electron chi connectivity index (χ0n) is 12.8. The predicted octanol–water partition coefficient (Wildman–Crippen LogP) is 2.28. The second-order valence-electron chi connectivity index (χ2n) is 4.68. The molecule has 0 amide bonds. The molecule has 5 heteroatoms. The Labute approximate surface area is 119 Å². The van der Waals surface area contributed by atoms with Gasteiger partial charge >= 0.3 is 0 Å². The van der Waals surface area contributed by atoms with E-state index >= 15 is 0 Å². The summed E-state index contributed by atoms with van der Waals surface area (Å²) in [7, 11) is 6.60. The highest BCUT2D eigenvalue weighted by atomic mass is 16.5. The van der Waals surface area contributed by atoms with Crippen LogP contribution in [0.2, 0.25) is 0 Å². The highest BCUT2D eigenvalue weighted by Crippen LogP contribution is 2.42. The fraction of sp³-hybridized carbons (Fsp3) is 0.400. The van der Waals surface area contributed by atoms with Crippen LogP contribution in [0.3, 0.4) is 0 Å². The smallest absolute Gasteiger partial charge is 0.194 e. The molecule has 1 rings (SSSR count). The minimum absolute atomic E-state index is 0.113. The number of ketones is 1. The van der Waals surface area contributed by atoms with Crippen LogP contribution in [0.25, 0.3) is 0 Å². The summed E-state index contributed by atoms with van der Waals surface area (Å²) >= 11 is 0. The SMILES string of the molecule is COc1c(C)c(O)c(C(=O)/C=C/N(C)C)c(OC)c1C. The molecule has 0 atom stereocenters. The number of phenols is 1. The third kappa shape index (κ3) is 2.87. The molecule has 1 aromatic carbocycles. The summed E-state index contributed by atoms with van der Waals surface area (Å²) in [6.45, 7) is 3.49. The molecular weight excluding hydrogens is 258 g/mol. The summed E-state index contributed by atoms with van der Waals surface area (Å²) in [6, 6.07) is 0. The zero-order chi connectivity index (χ0) is 15.4. The maximum Gasteiger partial charge on any atom is 0.194 e. The Bertz CT molecular complexity index is 548. The van der Waals surface area contributed by atoms with Crippen molar-refractivity contribution in [3.63, 3.8) is 0 Å². The highest BCUT2D eigenvalue weighted by Gasteiger charge is 2.24. The van der Waals surface area contributed by atoms with Crippen LogP contribution < -0.4 is 9.47 Å². The van der Waals surface area contributed by atoms with Gasteiger partial charge in [0.2, 0.25) is 0 Å². The molecule has 0 aromatic heterocycles. The van der Waals surface area contributed by atoms with Crippen molar-refractivity contribution >= 4 is 5.78 Å². The van der Waals surface area contributed by atoms with Gasteiger partial charge in [0, 0.05) is 37.5 Å². The van der Waals surface area contributed by atoms with Gasteiger partial charge in [-0.15, -0.1) is 0 Å². The van der Waals surface area contributed by atoms with Crippen molar-refractivity contribution in [2.45, 2.75) is 13.8 Å². The van der Waals surface area contributed by atoms with Crippen molar-refractivity contribution in [1.82, 2.24) is 4.90 Å². The van der Waals surface area contributed by atoms with Crippen LogP contribution in [-0.4, -0.2) is 44.1 Å². The first-order chi connectivity index (χ1) is 9.34. The van der Waals surface area contributed by atoms with E-state index in [4.69, 9.17) is 9.47 Å². The Morgan fingerprint density at radius 2 is 1.65 bits per heavy atom. The average molecular weight is 279 g/mol. The molecule has 1 aromatic rings. The number of ether oxygens (including phenoxy) is 2. The molecule has 0 spiro atoms. The maximum absolute atomic E-state index is 12.3. The normalized spacial score (nSPS) is 10.7. The van der Waals surface area contributed by atoms with Gasteiger partial charge in [-0.3, -0.25) is 4.79 Å². The lowest BCUT2D eigenvalue weighted by atomic mass is 9.99. The number of phenolic OH excluding ortho intramolecular Hbond substituents is 1. The van der Waals surface area contributed by atoms with Gasteiger partial charge < -0.3 is 19.5 Å². The standard InChI is InChI=1S/C15H21NO4/c1-9-13(18)12(11(17)7-8-16(3)4)15(20-6)10(2)14(9)19-5/h7-8,18H,1-6H3/b8-7+. The van der Waals surface area contributed by atoms with Crippen molar-refractivity contribution in [2.75, 3.05) is 28.3 Å². The summed E-state index contributed by atoms with van der Waals surface area (Å²) in [4.78, 5) is 14.0. The van der Waals surface area contributed by atoms with Crippen molar-refractivity contribution < 1.29 is 19.4 Å². The second-order valence-corrected chi connectivity index (χ2v) is 4.68. The van der Waals surface area contributed by atoms with E-state index in [0.717, 1.165) is 0 Å². The molecule has 0 heterocycles. The van der Waals surface area contributed by atoms with Gasteiger partial charge in [-0.05, 0) is 13.8 Å². The van der Waals surface area contributed by atoms with Gasteiger partial charge in [-0.2, -0.15) is 0 Å². The van der Waals surface area contributed by atoms with E-state index in [2.05, 4.69) is 0 Å². The number of allylic oxidation sites excluding steroid dienone is 1. The van der Waals surface area contributed by atoms with Crippen LogP contribution in [0.15, 0.2) is 12.3 Å². The first-order valence-corrected chi connectivity index (χ1v) is 6.18. The van der Waals surface area contributed by atoms with E-state index in [0.29, 0.717) is 22.6 Å². The number of rotatable bonds is 5. The van der Waals surface area contributed by atoms with Crippen LogP contribution in [-0.2, 0) is 0 Å². The molecule has 0 bridgehead atoms. The van der Waals surface area contributed by atoms with Gasteiger partial charge in [-0.1, -0.05) is 0 Å². The summed E-state index contributed by atoms with van der Waals surface area (Å²) < 4.78 is 10.5. The van der Waals surface area contributed by atoms with Crippen molar-refractivity contribution in [3.05, 3.63) is 29.0 Å². The minimum atomic E-state index is -0.318. The van der Waals surface area contributed by atoms with Gasteiger partial charge in [0.1, 0.15) is 22.8 Å². The lowest BCUT2D eigenvalue weighted by Crippen LogP contribution is -2.07. The van der Waals surface area contributed by atoms with Crippen molar-refractivity contribution in [3.8, 4) is 17.2 Å². The van der Waals surface area contributed by atoms with Gasteiger partial charge in [0.05, 0.1) is 14.2 Å². The summed E-state index contributed by atoms with van der Waals surface area (Å²) in [6.07, 6.45) is 3.01. The fourth-order valence-corrected chi connectivity index (χ4v) is 2.06. The molecule has 0 aliphatic carbocycles. The Kier molecular flexibility index (Phi) is 5.02. The van der Waals surface area contributed by atoms with E-state index in [1.54, 1.807) is 24.9 Å². The fourth-order valence-electron chi connectivity index (χ4n) is 2.06. The van der Waals surface area contributed by atoms with E-state index in [1.165, 1.54) is 20.3 Å². The largest absolute Gasteiger partial charge is 0.507 e. The molecule has 110 valence electrons. The first-order valence-electron chi connectivity index (χ1n) is 6.18. The van der Waals surface area contributed by atoms with Gasteiger partial charge in [0.15, 0.2) is 5.78 Å². The first kappa shape index (κ1) is 15.9. The van der Waals surface area contributed by atoms with E-state index < -0.39 is 0 Å². The number of methoxy groups -OCH3 is 2. The maximum atomic E-state index is 12.3. The Hall–Kier alpha value is -2.17. The quantitative estimate of drug-likeness (QED) is 0.662. The second kappa shape index (κ2) is 6.32. The van der Waals surface area contributed by atoms with Crippen LogP contribution in [0.4, 0.5) is 0 Å². The summed E-state index contributed by atoms with van der Waals surface area (Å²) in [5, 5.41) is 10.3. The summed E-state index contributed by atoms with van der Waals surface area (Å²) in [5.41, 5.74) is 1.36. The van der Waals surface area contributed by atoms with E-state index in [9.17, 15) is 9.90 Å². The molecular formula is C15H21NO4. The molecule has 0 aliphatic heterocycles. The van der Waals surface area contributed by atoms with Crippen molar-refractivity contribution in [1.29, 1.82) is 0 Å². The van der Waals surface area contributed by atoms with Crippen LogP contribution >= 0.6 is 0 Å². The minimum Gasteiger partial charge on any atom is -0.507 e. The number of hydrogen-bond donors (Lipinski definition) is 1. The van der Waals surface area contributed by atoms with Gasteiger partial charge in [0.25, 0.3) is 0 Å². The topological polar surface area (TPSA) is 59.0 Å². The molecule has 0 unspecified atom stereocenters. The number of nitrogens with zero attached hydrogens (tertiary/aromatic N) is 1. The zero-order valence-corrected chi connectivity index (χ0v) is 12.8. The lowest BCUT2D eigenvalue weighted by molar-refractivity contribution is 0.104. The Morgan fingerprint density at radius 3 is 2.10 bits per heavy atom. The molecule has 0 saturated heterocycles. The highest BCUT2D eigenvalue weighted by molar-refractivity contribution is 6.09. The predicted molar refractivity (Wildman–Crippen MR) is 77.8 cm³/mol. The molecule has 20 heavy (non-hydrogen) atoms. The third-order valence-corrected chi connectivity index (χ3v) is 3.02. The van der Waals surface area contributed by atoms with Crippen molar-refractivity contribution in [2.24, 2.45) is 0 Å². The number of carbonyl (C=O) groups excluding carboxylic acids is 1. The van der Waals surface area contributed by atoms with Gasteiger partial charge in [-0.25, -0.2) is 0 Å². The number of aromatic hydroxyl groups is 1. The average Bonchev–Trinajstić information content (AvgIpc) is 2.40. The lowest BCUT2D eigenvalue weighted by Gasteiger charge is -2.17. The molecule has 0 aliphatic rings. The third-order valence-electron chi connectivity index (χ3n) is 3.02. The Balaban J connectivity index is 3.50. The van der Waals surface area contributed by atoms with Crippen LogP contribution in [0, 0.1) is 13.8 Å². The molecule has 0 radical (unpaired) electrons. The van der Waals surface area contributed by atoms with E-state index in [1.807, 2.05) is 14.1 Å². The number of hydrogen-bond acceptors (Lipinski definition) is 5. The van der Waals surface area contributed by atoms with E-state index in [-0.39, 0.29) is 17.1 Å². The summed E-state index contributed by atoms with van der Waals surface area (Å²) in [5.74, 6) is 0.422. The van der Waals surface area contributed by atoms with Crippen LogP contribution in [0.5, 0.6) is 17.2 Å². The molecule has 1 N–H and O–H groups in total. The monoisotopic (exact) mass is 279 g/mol. The molecule has 0 saturated carbocycles.